The topological polar surface area (TPSA) is 322 Å². The van der Waals surface area contributed by atoms with Gasteiger partial charge >= 0.3 is 23.9 Å². The van der Waals surface area contributed by atoms with Crippen molar-refractivity contribution in [2.75, 3.05) is 65.3 Å². The first-order valence-electron chi connectivity index (χ1n) is 32.1. The maximum absolute atomic E-state index is 15.0. The molecule has 2 aromatic heterocycles. The largest absolute Gasteiger partial charge is 0.481 e. The minimum atomic E-state index is -2.11. The minimum Gasteiger partial charge on any atom is -0.481 e. The van der Waals surface area contributed by atoms with E-state index in [0.717, 1.165) is 59.7 Å². The Morgan fingerprint density at radius 2 is 1.57 bits per heavy atom. The number of aliphatic carboxylic acids is 1. The lowest BCUT2D eigenvalue weighted by Crippen LogP contribution is -2.59. The van der Waals surface area contributed by atoms with Crippen molar-refractivity contribution in [1.29, 1.82) is 0 Å². The van der Waals surface area contributed by atoms with Crippen molar-refractivity contribution in [3.8, 4) is 5.75 Å². The van der Waals surface area contributed by atoms with Crippen molar-refractivity contribution in [1.82, 2.24) is 35.4 Å². The first kappa shape index (κ1) is 78.6. The molecule has 1 unspecified atom stereocenters. The number of thiazole rings is 1. The fourth-order valence-electron chi connectivity index (χ4n) is 10.5. The summed E-state index contributed by atoms with van der Waals surface area (Å²) in [5.74, 6) is -4.89. The molecule has 4 rings (SSSR count). The second kappa shape index (κ2) is 41.1. The summed E-state index contributed by atoms with van der Waals surface area (Å²) in [6.07, 6.45) is 8.18. The van der Waals surface area contributed by atoms with Crippen LogP contribution in [0.3, 0.4) is 0 Å². The van der Waals surface area contributed by atoms with E-state index < -0.39 is 89.3 Å². The molecule has 29 heteroatoms. The first-order chi connectivity index (χ1) is 43.7. The molecule has 0 spiro atoms. The van der Waals surface area contributed by atoms with Crippen molar-refractivity contribution in [2.24, 2.45) is 22.9 Å². The Balaban J connectivity index is 1.33. The third-order valence-electron chi connectivity index (χ3n) is 15.6. The molecular formula is C63H100N10O15S2Si2. The molecule has 1 aliphatic heterocycles. The zero-order valence-electron chi connectivity index (χ0n) is 56.0. The Morgan fingerprint density at radius 3 is 2.20 bits per heavy atom. The number of hydrogen-bond acceptors (Lipinski definition) is 21. The number of piperidine rings is 1. The summed E-state index contributed by atoms with van der Waals surface area (Å²) >= 11 is 2.66. The van der Waals surface area contributed by atoms with Crippen molar-refractivity contribution < 1.29 is 71.2 Å². The van der Waals surface area contributed by atoms with E-state index in [0.29, 0.717) is 82.8 Å². The summed E-state index contributed by atoms with van der Waals surface area (Å²) in [6, 6.07) is 4.99. The maximum Gasteiger partial charge on any atom is 0.311 e. The average molecular weight is 1360 g/mol. The van der Waals surface area contributed by atoms with Crippen molar-refractivity contribution in [3.05, 3.63) is 74.3 Å². The molecule has 1 aliphatic rings. The lowest BCUT2D eigenvalue weighted by molar-refractivity contribution is -0.160. The molecule has 3 amide bonds. The molecule has 3 aromatic rings. The third-order valence-corrected chi connectivity index (χ3v) is 26.3. The lowest BCUT2D eigenvalue weighted by atomic mass is 9.92. The fourth-order valence-corrected chi connectivity index (χ4v) is 21.7. The number of aromatic nitrogens is 3. The summed E-state index contributed by atoms with van der Waals surface area (Å²) in [5, 5.41) is 22.6. The fraction of sp³-hybridized carbons (Fsp3) is 0.683. The highest BCUT2D eigenvalue weighted by atomic mass is 32.2. The zero-order valence-corrected chi connectivity index (χ0v) is 59.6. The van der Waals surface area contributed by atoms with Crippen molar-refractivity contribution in [2.45, 2.75) is 200 Å². The molecule has 1 saturated heterocycles. The Hall–Kier alpha value is -5.89. The van der Waals surface area contributed by atoms with E-state index in [-0.39, 0.29) is 66.5 Å². The highest BCUT2D eigenvalue weighted by Crippen LogP contribution is 2.33. The minimum absolute atomic E-state index is 0.00363. The third kappa shape index (κ3) is 29.2. The van der Waals surface area contributed by atoms with Crippen LogP contribution in [0.1, 0.15) is 152 Å². The zero-order chi connectivity index (χ0) is 67.8. The van der Waals surface area contributed by atoms with Gasteiger partial charge in [-0.2, -0.15) is 0 Å². The van der Waals surface area contributed by atoms with Gasteiger partial charge < -0.3 is 53.2 Å². The molecule has 3 heterocycles. The summed E-state index contributed by atoms with van der Waals surface area (Å²) < 4.78 is 40.6. The van der Waals surface area contributed by atoms with Crippen LogP contribution in [0, 0.1) is 17.8 Å². The monoisotopic (exact) mass is 1360 g/mol. The second-order valence-corrected chi connectivity index (χ2v) is 36.0. The van der Waals surface area contributed by atoms with E-state index in [1.165, 1.54) is 17.2 Å². The predicted octanol–water partition coefficient (Wildman–Crippen LogP) is 10.2. The van der Waals surface area contributed by atoms with Crippen LogP contribution >= 0.6 is 23.1 Å². The maximum atomic E-state index is 15.0. The molecule has 7 atom stereocenters. The SMILES string of the molecule is CCCC(=O)OCN(C(=O)[C@H](NC(=O)[C@@H]1CCCCN1C)C(C)CC)[C@@H](C[C@H](OC(C)=O)c1nc(C(=O)N[C@H](Cc2ccc(OC(=O)CCCC[Si](C)(C)O[Si](C)(C)CSc3ncc(COCCOCCOCCN=[N+]=[N-])cn3)cc2)C[C@@H](C)C(=O)O)cs1)C(C)C. The Labute approximate surface area is 553 Å². The number of rotatable bonds is 44. The number of carbonyl (C=O) groups excluding carboxylic acids is 6. The number of carbonyl (C=O) groups is 7. The summed E-state index contributed by atoms with van der Waals surface area (Å²) in [6.45, 7) is 24.1. The van der Waals surface area contributed by atoms with Crippen LogP contribution in [0.2, 0.25) is 32.2 Å². The molecule has 3 N–H and O–H groups in total. The molecule has 0 aliphatic carbocycles. The van der Waals surface area contributed by atoms with Crippen LogP contribution in [0.15, 0.2) is 52.3 Å². The smallest absolute Gasteiger partial charge is 0.311 e. The van der Waals surface area contributed by atoms with Crippen LogP contribution in [0.25, 0.3) is 10.4 Å². The number of likely N-dealkylation sites (N-methyl/N-ethyl adjacent to an activating group) is 1. The van der Waals surface area contributed by atoms with E-state index in [9.17, 15) is 38.7 Å². The van der Waals surface area contributed by atoms with Gasteiger partial charge in [-0.3, -0.25) is 38.5 Å². The number of nitrogens with one attached hydrogen (secondary N) is 2. The number of thioether (sulfide) groups is 1. The van der Waals surface area contributed by atoms with Gasteiger partial charge in [0.1, 0.15) is 22.5 Å². The van der Waals surface area contributed by atoms with Gasteiger partial charge in [0.15, 0.2) is 34.6 Å². The van der Waals surface area contributed by atoms with E-state index in [1.807, 2.05) is 46.6 Å². The highest BCUT2D eigenvalue weighted by molar-refractivity contribution is 8.00. The number of carboxylic acids is 1. The van der Waals surface area contributed by atoms with Gasteiger partial charge in [-0.05, 0) is 119 Å². The van der Waals surface area contributed by atoms with Crippen LogP contribution in [0.4, 0.5) is 0 Å². The van der Waals surface area contributed by atoms with Crippen LogP contribution in [0.5, 0.6) is 5.75 Å². The van der Waals surface area contributed by atoms with Gasteiger partial charge in [-0.15, -0.1) is 11.3 Å². The van der Waals surface area contributed by atoms with E-state index >= 15 is 0 Å². The quantitative estimate of drug-likeness (QED) is 0.00452. The number of carboxylic acid groups (broad SMARTS) is 1. The highest BCUT2D eigenvalue weighted by Gasteiger charge is 2.40. The van der Waals surface area contributed by atoms with Gasteiger partial charge in [0.25, 0.3) is 5.91 Å². The predicted molar refractivity (Wildman–Crippen MR) is 355 cm³/mol. The Bertz CT molecular complexity index is 2830. The molecule has 512 valence electrons. The number of unbranched alkanes of at least 4 members (excludes halogenated alkanes) is 1. The Morgan fingerprint density at radius 1 is 0.880 bits per heavy atom. The number of azide groups is 1. The molecule has 0 radical (unpaired) electrons. The van der Waals surface area contributed by atoms with E-state index in [4.69, 9.17) is 38.1 Å². The summed E-state index contributed by atoms with van der Waals surface area (Å²) in [5.41, 5.74) is 9.89. The Kier molecular flexibility index (Phi) is 35.1. The van der Waals surface area contributed by atoms with Gasteiger partial charge in [0.05, 0.1) is 51.6 Å². The number of hydrogen-bond donors (Lipinski definition) is 3. The molecule has 92 heavy (non-hydrogen) atoms. The standard InChI is InChI=1S/C63H100N10O15S2Si2/c1-13-19-55(75)85-41-73(61(79)57(44(5)14-2)70-59(78)52-20-15-17-27-72(52)8)53(43(3)4)36-54(86-46(7)74)60-69-51(40-89-60)58(77)68-49(34-45(6)62(80)81)35-47-22-24-50(25-23-47)87-56(76)21-16-18-33-91(9,10)88-92(11,12)42-90-63-65-37-48(38-66-63)39-84-32-31-83-30-29-82-28-26-67-71-64/h22-25,37-38,40,43-45,49,52-54,57H,13-21,26-36,39,41-42H2,1-12H3,(H,68,77)(H,70,78)(H,80,81)/t44?,45-,49+,52+,53+,54+,57-/m1/s1. The molecule has 0 saturated carbocycles. The van der Waals surface area contributed by atoms with Crippen LogP contribution in [-0.2, 0) is 69.6 Å². The molecular weight excluding hydrogens is 1260 g/mol. The average Bonchev–Trinajstić information content (AvgIpc) is 1.24. The summed E-state index contributed by atoms with van der Waals surface area (Å²) in [4.78, 5) is 114. The van der Waals surface area contributed by atoms with Crippen molar-refractivity contribution in [3.63, 3.8) is 0 Å². The van der Waals surface area contributed by atoms with Crippen molar-refractivity contribution >= 4 is 81.3 Å². The number of nitrogens with zero attached hydrogens (tertiary/aromatic N) is 8. The second-order valence-electron chi connectivity index (χ2n) is 25.0. The molecule has 0 bridgehead atoms. The normalized spacial score (nSPS) is 15.6. The number of likely N-dealkylation sites (tertiary alicyclic amines) is 1. The number of ether oxygens (including phenoxy) is 6. The number of benzene rings is 1. The summed E-state index contributed by atoms with van der Waals surface area (Å²) in [7, 11) is -2.30. The van der Waals surface area contributed by atoms with Crippen LogP contribution < -0.4 is 15.4 Å². The van der Waals surface area contributed by atoms with Gasteiger partial charge in [0.2, 0.25) is 11.8 Å². The molecule has 1 aromatic carbocycles. The van der Waals surface area contributed by atoms with E-state index in [2.05, 4.69) is 61.8 Å². The van der Waals surface area contributed by atoms with E-state index in [1.54, 1.807) is 55.3 Å². The molecule has 25 nitrogen and oxygen atoms in total. The first-order valence-corrected chi connectivity index (χ1v) is 40.1. The van der Waals surface area contributed by atoms with Gasteiger partial charge in [0, 0.05) is 78.4 Å². The van der Waals surface area contributed by atoms with Crippen LogP contribution in [-0.4, -0.2) is 178 Å². The number of esters is 3. The van der Waals surface area contributed by atoms with Gasteiger partial charge in [-0.1, -0.05) is 89.8 Å². The number of amides is 3. The molecule has 1 fully saturated rings. The van der Waals surface area contributed by atoms with Gasteiger partial charge in [-0.25, -0.2) is 15.0 Å². The lowest BCUT2D eigenvalue weighted by Gasteiger charge is -2.39.